The molecule has 0 aliphatic rings. The van der Waals surface area contributed by atoms with E-state index < -0.39 is 0 Å². The first kappa shape index (κ1) is 14.2. The van der Waals surface area contributed by atoms with Crippen molar-refractivity contribution in [1.29, 1.82) is 0 Å². The zero-order valence-electron chi connectivity index (χ0n) is 10.4. The molecule has 2 nitrogen and oxygen atoms in total. The summed E-state index contributed by atoms with van der Waals surface area (Å²) in [4.78, 5) is 14.8. The van der Waals surface area contributed by atoms with Gasteiger partial charge in [0.2, 0.25) is 0 Å². The fourth-order valence-electron chi connectivity index (χ4n) is 1.80. The van der Waals surface area contributed by atoms with Gasteiger partial charge in [0.1, 0.15) is 5.82 Å². The number of rotatable bonds is 5. The Labute approximate surface area is 124 Å². The van der Waals surface area contributed by atoms with Crippen molar-refractivity contribution >= 4 is 38.7 Å². The third-order valence-corrected chi connectivity index (χ3v) is 4.64. The molecule has 0 amide bonds. The van der Waals surface area contributed by atoms with E-state index in [-0.39, 0.29) is 18.1 Å². The highest BCUT2D eigenvalue weighted by Crippen LogP contribution is 2.24. The molecule has 0 atom stereocenters. The molecule has 0 aliphatic carbocycles. The summed E-state index contributed by atoms with van der Waals surface area (Å²) in [6.45, 7) is 2.85. The number of anilines is 1. The number of nitrogens with zero attached hydrogens (tertiary/aromatic N) is 1. The average Bonchev–Trinajstić information content (AvgIpc) is 2.82. The molecule has 0 unspecified atom stereocenters. The number of Topliss-reactive ketones (excluding diaryl/α,β-unsaturated/α-hetero) is 1. The zero-order valence-corrected chi connectivity index (χ0v) is 12.8. The Morgan fingerprint density at radius 1 is 1.42 bits per heavy atom. The van der Waals surface area contributed by atoms with Gasteiger partial charge in [0, 0.05) is 16.7 Å². The number of thiophene rings is 1. The van der Waals surface area contributed by atoms with Gasteiger partial charge in [-0.15, -0.1) is 11.3 Å². The summed E-state index contributed by atoms with van der Waals surface area (Å²) in [5.41, 5.74) is 0.725. The molecule has 1 aromatic carbocycles. The molecule has 0 radical (unpaired) electrons. The SMILES string of the molecule is CCN(CC(=O)c1sccc1Br)c1cccc(F)c1. The van der Waals surface area contributed by atoms with Crippen LogP contribution in [-0.2, 0) is 0 Å². The maximum absolute atomic E-state index is 13.2. The molecular weight excluding hydrogens is 329 g/mol. The molecular formula is C14H13BrFNOS. The van der Waals surface area contributed by atoms with E-state index in [4.69, 9.17) is 0 Å². The normalized spacial score (nSPS) is 10.5. The highest BCUT2D eigenvalue weighted by molar-refractivity contribution is 9.10. The van der Waals surface area contributed by atoms with E-state index in [0.717, 1.165) is 10.2 Å². The van der Waals surface area contributed by atoms with Crippen LogP contribution in [0.5, 0.6) is 0 Å². The number of likely N-dealkylation sites (N-methyl/N-ethyl adjacent to an activating group) is 1. The van der Waals surface area contributed by atoms with Crippen LogP contribution in [0.2, 0.25) is 0 Å². The van der Waals surface area contributed by atoms with Gasteiger partial charge in [-0.3, -0.25) is 4.79 Å². The van der Waals surface area contributed by atoms with Gasteiger partial charge >= 0.3 is 0 Å². The van der Waals surface area contributed by atoms with E-state index in [0.29, 0.717) is 11.4 Å². The van der Waals surface area contributed by atoms with Crippen molar-refractivity contribution in [2.24, 2.45) is 0 Å². The summed E-state index contributed by atoms with van der Waals surface area (Å²) in [6.07, 6.45) is 0. The Morgan fingerprint density at radius 3 is 2.79 bits per heavy atom. The molecule has 1 aromatic heterocycles. The average molecular weight is 342 g/mol. The second kappa shape index (κ2) is 6.30. The predicted octanol–water partition coefficient (Wildman–Crippen LogP) is 4.36. The van der Waals surface area contributed by atoms with E-state index >= 15 is 0 Å². The molecule has 0 fully saturated rings. The molecule has 0 bridgehead atoms. The van der Waals surface area contributed by atoms with Crippen molar-refractivity contribution in [2.45, 2.75) is 6.92 Å². The van der Waals surface area contributed by atoms with Crippen molar-refractivity contribution in [2.75, 3.05) is 18.0 Å². The molecule has 100 valence electrons. The molecule has 0 saturated heterocycles. The first-order chi connectivity index (χ1) is 9.11. The minimum atomic E-state index is -0.291. The minimum absolute atomic E-state index is 0.0352. The summed E-state index contributed by atoms with van der Waals surface area (Å²) in [7, 11) is 0. The standard InChI is InChI=1S/C14H13BrFNOS/c1-2-17(11-5-3-4-10(16)8-11)9-13(18)14-12(15)6-7-19-14/h3-8H,2,9H2,1H3. The fraction of sp³-hybridized carbons (Fsp3) is 0.214. The van der Waals surface area contributed by atoms with Crippen LogP contribution in [-0.4, -0.2) is 18.9 Å². The minimum Gasteiger partial charge on any atom is -0.364 e. The number of carbonyl (C=O) groups is 1. The van der Waals surface area contributed by atoms with E-state index in [2.05, 4.69) is 15.9 Å². The quantitative estimate of drug-likeness (QED) is 0.753. The number of benzene rings is 1. The van der Waals surface area contributed by atoms with Crippen LogP contribution in [0.15, 0.2) is 40.2 Å². The second-order valence-electron chi connectivity index (χ2n) is 4.01. The lowest BCUT2D eigenvalue weighted by atomic mass is 10.2. The summed E-state index contributed by atoms with van der Waals surface area (Å²) in [5.74, 6) is -0.256. The highest BCUT2D eigenvalue weighted by atomic mass is 79.9. The lowest BCUT2D eigenvalue weighted by Gasteiger charge is -2.22. The molecule has 5 heteroatoms. The lowest BCUT2D eigenvalue weighted by Crippen LogP contribution is -2.29. The Hall–Kier alpha value is -1.20. The summed E-state index contributed by atoms with van der Waals surface area (Å²) in [5, 5.41) is 1.87. The van der Waals surface area contributed by atoms with Crippen LogP contribution >= 0.6 is 27.3 Å². The monoisotopic (exact) mass is 341 g/mol. The highest BCUT2D eigenvalue weighted by Gasteiger charge is 2.15. The third kappa shape index (κ3) is 3.42. The third-order valence-electron chi connectivity index (χ3n) is 2.76. The second-order valence-corrected chi connectivity index (χ2v) is 5.79. The van der Waals surface area contributed by atoms with Gasteiger partial charge in [0.15, 0.2) is 5.78 Å². The predicted molar refractivity (Wildman–Crippen MR) is 80.6 cm³/mol. The number of halogens is 2. The van der Waals surface area contributed by atoms with E-state index in [9.17, 15) is 9.18 Å². The van der Waals surface area contributed by atoms with Gasteiger partial charge in [-0.05, 0) is 52.5 Å². The largest absolute Gasteiger partial charge is 0.364 e. The van der Waals surface area contributed by atoms with Crippen LogP contribution < -0.4 is 4.90 Å². The van der Waals surface area contributed by atoms with E-state index in [1.807, 2.05) is 29.3 Å². The molecule has 0 aliphatic heterocycles. The Balaban J connectivity index is 2.16. The lowest BCUT2D eigenvalue weighted by molar-refractivity contribution is 0.100. The van der Waals surface area contributed by atoms with Gasteiger partial charge in [0.05, 0.1) is 11.4 Å². The van der Waals surface area contributed by atoms with Crippen molar-refractivity contribution in [3.8, 4) is 0 Å². The molecule has 2 aromatic rings. The summed E-state index contributed by atoms with van der Waals surface area (Å²) < 4.78 is 14.0. The van der Waals surface area contributed by atoms with Crippen molar-refractivity contribution in [1.82, 2.24) is 0 Å². The number of hydrogen-bond donors (Lipinski definition) is 0. The van der Waals surface area contributed by atoms with Crippen LogP contribution in [0, 0.1) is 5.82 Å². The molecule has 0 spiro atoms. The van der Waals surface area contributed by atoms with Gasteiger partial charge in [0.25, 0.3) is 0 Å². The van der Waals surface area contributed by atoms with Crippen molar-refractivity contribution < 1.29 is 9.18 Å². The van der Waals surface area contributed by atoms with E-state index in [1.165, 1.54) is 23.5 Å². The van der Waals surface area contributed by atoms with Crippen molar-refractivity contribution in [3.05, 3.63) is 50.9 Å². The Morgan fingerprint density at radius 2 is 2.21 bits per heavy atom. The first-order valence-corrected chi connectivity index (χ1v) is 7.55. The molecule has 19 heavy (non-hydrogen) atoms. The van der Waals surface area contributed by atoms with Gasteiger partial charge < -0.3 is 4.90 Å². The maximum atomic E-state index is 13.2. The zero-order chi connectivity index (χ0) is 13.8. The van der Waals surface area contributed by atoms with Gasteiger partial charge in [-0.2, -0.15) is 0 Å². The molecule has 0 N–H and O–H groups in total. The molecule has 0 saturated carbocycles. The topological polar surface area (TPSA) is 20.3 Å². The maximum Gasteiger partial charge on any atom is 0.193 e. The number of carbonyl (C=O) groups excluding carboxylic acids is 1. The molecule has 2 rings (SSSR count). The Kier molecular flexibility index (Phi) is 4.71. The van der Waals surface area contributed by atoms with Crippen LogP contribution in [0.4, 0.5) is 10.1 Å². The number of ketones is 1. The summed E-state index contributed by atoms with van der Waals surface area (Å²) >= 11 is 4.77. The van der Waals surface area contributed by atoms with Crippen molar-refractivity contribution in [3.63, 3.8) is 0 Å². The smallest absolute Gasteiger partial charge is 0.193 e. The summed E-state index contributed by atoms with van der Waals surface area (Å²) in [6, 6.07) is 8.16. The van der Waals surface area contributed by atoms with Gasteiger partial charge in [-0.1, -0.05) is 6.07 Å². The number of hydrogen-bond acceptors (Lipinski definition) is 3. The van der Waals surface area contributed by atoms with Gasteiger partial charge in [-0.25, -0.2) is 4.39 Å². The van der Waals surface area contributed by atoms with E-state index in [1.54, 1.807) is 6.07 Å². The van der Waals surface area contributed by atoms with Crippen LogP contribution in [0.25, 0.3) is 0 Å². The van der Waals surface area contributed by atoms with Crippen LogP contribution in [0.3, 0.4) is 0 Å². The first-order valence-electron chi connectivity index (χ1n) is 5.88. The van der Waals surface area contributed by atoms with Crippen LogP contribution in [0.1, 0.15) is 16.6 Å². The molecule has 1 heterocycles. The Bertz CT molecular complexity index is 584. The fourth-order valence-corrected chi connectivity index (χ4v) is 3.32.